The van der Waals surface area contributed by atoms with Crippen LogP contribution in [-0.2, 0) is 4.79 Å². The molecule has 1 atom stereocenters. The van der Waals surface area contributed by atoms with Crippen molar-refractivity contribution in [2.24, 2.45) is 5.73 Å². The fourth-order valence-electron chi connectivity index (χ4n) is 4.50. The van der Waals surface area contributed by atoms with E-state index in [0.29, 0.717) is 32.1 Å². The third kappa shape index (κ3) is 5.22. The van der Waals surface area contributed by atoms with Gasteiger partial charge in [-0.3, -0.25) is 14.5 Å². The quantitative estimate of drug-likeness (QED) is 0.631. The smallest absolute Gasteiger partial charge is 0.325 e. The Hall–Kier alpha value is -3.68. The van der Waals surface area contributed by atoms with Gasteiger partial charge in [-0.25, -0.2) is 9.78 Å². The Balaban J connectivity index is 1.34. The molecule has 8 heteroatoms. The molecule has 2 heterocycles. The Morgan fingerprint density at radius 3 is 2.58 bits per heavy atom. The summed E-state index contributed by atoms with van der Waals surface area (Å²) in [5.41, 5.74) is 7.73. The molecule has 1 saturated carbocycles. The first-order valence-corrected chi connectivity index (χ1v) is 11.2. The van der Waals surface area contributed by atoms with Crippen molar-refractivity contribution >= 4 is 23.9 Å². The van der Waals surface area contributed by atoms with Gasteiger partial charge in [0.05, 0.1) is 0 Å². The lowest BCUT2D eigenvalue weighted by Crippen LogP contribution is -2.44. The summed E-state index contributed by atoms with van der Waals surface area (Å²) in [6, 6.07) is 12.1. The first kappa shape index (κ1) is 22.5. The van der Waals surface area contributed by atoms with E-state index in [9.17, 15) is 14.4 Å². The first-order valence-electron chi connectivity index (χ1n) is 11.2. The number of imide groups is 1. The van der Waals surface area contributed by atoms with Gasteiger partial charge < -0.3 is 15.8 Å². The summed E-state index contributed by atoms with van der Waals surface area (Å²) in [5.74, 6) is -0.538. The molecule has 1 aromatic carbocycles. The molecule has 2 aliphatic rings. The number of amides is 4. The lowest BCUT2D eigenvalue weighted by atomic mass is 9.91. The minimum absolute atomic E-state index is 0.151. The first-order chi connectivity index (χ1) is 15.9. The van der Waals surface area contributed by atoms with Crippen LogP contribution in [0.5, 0.6) is 5.88 Å². The van der Waals surface area contributed by atoms with Crippen LogP contribution < -0.4 is 15.8 Å². The number of nitrogens with two attached hydrogens (primary N) is 1. The number of carbonyl (C=O) groups excluding carboxylic acids is 3. The van der Waals surface area contributed by atoms with E-state index < -0.39 is 11.9 Å². The average Bonchev–Trinajstić information content (AvgIpc) is 3.08. The van der Waals surface area contributed by atoms with Gasteiger partial charge in [0.1, 0.15) is 17.7 Å². The van der Waals surface area contributed by atoms with Crippen molar-refractivity contribution in [3.8, 4) is 5.88 Å². The molecule has 0 bridgehead atoms. The summed E-state index contributed by atoms with van der Waals surface area (Å²) in [4.78, 5) is 42.7. The van der Waals surface area contributed by atoms with Crippen LogP contribution in [0.15, 0.2) is 54.2 Å². The number of urea groups is 1. The Kier molecular flexibility index (Phi) is 6.72. The summed E-state index contributed by atoms with van der Waals surface area (Å²) in [6.07, 6.45) is 6.47. The highest BCUT2D eigenvalue weighted by Gasteiger charge is 2.43. The average molecular weight is 449 g/mol. The molecule has 4 rings (SSSR count). The lowest BCUT2D eigenvalue weighted by Gasteiger charge is -2.33. The molecule has 3 N–H and O–H groups in total. The van der Waals surface area contributed by atoms with E-state index in [1.165, 1.54) is 4.90 Å². The third-order valence-corrected chi connectivity index (χ3v) is 6.11. The zero-order valence-corrected chi connectivity index (χ0v) is 18.6. The van der Waals surface area contributed by atoms with Crippen molar-refractivity contribution in [1.29, 1.82) is 0 Å². The number of primary amides is 1. The Morgan fingerprint density at radius 2 is 1.88 bits per heavy atom. The highest BCUT2D eigenvalue weighted by Crippen LogP contribution is 2.30. The van der Waals surface area contributed by atoms with E-state index in [0.717, 1.165) is 11.1 Å². The maximum Gasteiger partial charge on any atom is 0.325 e. The topological polar surface area (TPSA) is 115 Å². The van der Waals surface area contributed by atoms with E-state index in [4.69, 9.17) is 10.5 Å². The summed E-state index contributed by atoms with van der Waals surface area (Å²) in [5, 5.41) is 2.84. The highest BCUT2D eigenvalue weighted by atomic mass is 16.5. The second-order valence-electron chi connectivity index (χ2n) is 8.58. The van der Waals surface area contributed by atoms with Crippen molar-refractivity contribution in [1.82, 2.24) is 15.2 Å². The number of hydrogen-bond donors (Lipinski definition) is 2. The molecule has 1 unspecified atom stereocenters. The molecule has 0 radical (unpaired) electrons. The van der Waals surface area contributed by atoms with E-state index in [1.807, 2.05) is 43.3 Å². The monoisotopic (exact) mass is 448 g/mol. The molecule has 0 spiro atoms. The predicted molar refractivity (Wildman–Crippen MR) is 123 cm³/mol. The highest BCUT2D eigenvalue weighted by molar-refractivity contribution is 6.04. The fourth-order valence-corrected chi connectivity index (χ4v) is 4.50. The van der Waals surface area contributed by atoms with Crippen molar-refractivity contribution in [3.05, 3.63) is 65.4 Å². The Labute approximate surface area is 192 Å². The fraction of sp³-hybridized carbons (Fsp3) is 0.360. The van der Waals surface area contributed by atoms with Crippen molar-refractivity contribution in [2.75, 3.05) is 0 Å². The summed E-state index contributed by atoms with van der Waals surface area (Å²) >= 11 is 0. The largest absolute Gasteiger partial charge is 0.474 e. The molecule has 172 valence electrons. The molecular formula is C25H28N4O4. The number of nitrogens with zero attached hydrogens (tertiary/aromatic N) is 2. The van der Waals surface area contributed by atoms with Gasteiger partial charge >= 0.3 is 6.03 Å². The van der Waals surface area contributed by atoms with Crippen molar-refractivity contribution < 1.29 is 19.1 Å². The number of pyridine rings is 1. The van der Waals surface area contributed by atoms with Gasteiger partial charge in [-0.15, -0.1) is 0 Å². The molecule has 1 aliphatic heterocycles. The van der Waals surface area contributed by atoms with Crippen LogP contribution in [0.4, 0.5) is 4.79 Å². The molecule has 1 saturated heterocycles. The molecule has 2 fully saturated rings. The predicted octanol–water partition coefficient (Wildman–Crippen LogP) is 3.28. The summed E-state index contributed by atoms with van der Waals surface area (Å²) in [7, 11) is 0. The van der Waals surface area contributed by atoms with Crippen molar-refractivity contribution in [3.63, 3.8) is 0 Å². The van der Waals surface area contributed by atoms with Gasteiger partial charge in [-0.2, -0.15) is 0 Å². The standard InChI is InChI=1S/C25H28N4O4/c1-16(14-17-6-3-2-4-7-17)15-21-24(31)29(25(32)28-21)18-9-11-19(12-10-18)33-23-20(22(26)30)8-5-13-27-23/h2-8,13-14,18-19,21H,9-12,15H2,1H3,(H2,26,30)(H,28,32)/b16-14+. The molecule has 33 heavy (non-hydrogen) atoms. The zero-order valence-electron chi connectivity index (χ0n) is 18.6. The second-order valence-corrected chi connectivity index (χ2v) is 8.58. The maximum atomic E-state index is 13.0. The van der Waals surface area contributed by atoms with Crippen LogP contribution in [0.25, 0.3) is 6.08 Å². The van der Waals surface area contributed by atoms with Crippen LogP contribution in [-0.4, -0.2) is 45.9 Å². The number of carbonyl (C=O) groups is 3. The zero-order chi connectivity index (χ0) is 23.4. The van der Waals surface area contributed by atoms with Gasteiger partial charge in [0.15, 0.2) is 0 Å². The van der Waals surface area contributed by atoms with Gasteiger partial charge in [0.25, 0.3) is 11.8 Å². The van der Waals surface area contributed by atoms with Crippen LogP contribution >= 0.6 is 0 Å². The molecule has 4 amide bonds. The lowest BCUT2D eigenvalue weighted by molar-refractivity contribution is -0.129. The molecule has 1 aliphatic carbocycles. The normalized spacial score (nSPS) is 23.4. The minimum Gasteiger partial charge on any atom is -0.474 e. The Morgan fingerprint density at radius 1 is 1.15 bits per heavy atom. The van der Waals surface area contributed by atoms with Crippen LogP contribution in [0, 0.1) is 0 Å². The number of aromatic nitrogens is 1. The summed E-state index contributed by atoms with van der Waals surface area (Å²) < 4.78 is 5.92. The second kappa shape index (κ2) is 9.85. The van der Waals surface area contributed by atoms with Gasteiger partial charge in [0.2, 0.25) is 5.88 Å². The number of ether oxygens (including phenoxy) is 1. The van der Waals surface area contributed by atoms with Gasteiger partial charge in [-0.1, -0.05) is 42.0 Å². The number of rotatable bonds is 7. The summed E-state index contributed by atoms with van der Waals surface area (Å²) in [6.45, 7) is 1.97. The third-order valence-electron chi connectivity index (χ3n) is 6.11. The van der Waals surface area contributed by atoms with Crippen LogP contribution in [0.2, 0.25) is 0 Å². The minimum atomic E-state index is -0.589. The van der Waals surface area contributed by atoms with E-state index in [2.05, 4.69) is 10.3 Å². The number of nitrogens with one attached hydrogen (secondary N) is 1. The number of hydrogen-bond acceptors (Lipinski definition) is 5. The van der Waals surface area contributed by atoms with E-state index in [1.54, 1.807) is 18.3 Å². The molecular weight excluding hydrogens is 420 g/mol. The van der Waals surface area contributed by atoms with E-state index >= 15 is 0 Å². The molecule has 1 aromatic heterocycles. The van der Waals surface area contributed by atoms with Crippen LogP contribution in [0.1, 0.15) is 54.9 Å². The SMILES string of the molecule is C/C(=C\c1ccccc1)CC1NC(=O)N(C2CCC(Oc3ncccc3C(N)=O)CC2)C1=O. The van der Waals surface area contributed by atoms with E-state index in [-0.39, 0.29) is 35.5 Å². The Bertz CT molecular complexity index is 1060. The van der Waals surface area contributed by atoms with Gasteiger partial charge in [-0.05, 0) is 56.7 Å². The van der Waals surface area contributed by atoms with Crippen molar-refractivity contribution in [2.45, 2.75) is 57.2 Å². The molecule has 2 aromatic rings. The molecule has 8 nitrogen and oxygen atoms in total. The maximum absolute atomic E-state index is 13.0. The number of benzene rings is 1. The van der Waals surface area contributed by atoms with Gasteiger partial charge in [0, 0.05) is 12.2 Å². The van der Waals surface area contributed by atoms with Crippen LogP contribution in [0.3, 0.4) is 0 Å².